The van der Waals surface area contributed by atoms with Crippen LogP contribution in [0.25, 0.3) is 5.76 Å². The molecule has 2 amide bonds. The van der Waals surface area contributed by atoms with E-state index in [1.165, 1.54) is 38.4 Å². The SMILES string of the molecule is COc1ccc(/C(O)=C2/C(=O)C(=O)N(c3cccc(NC(C)=O)c3)C2c2ccco2)c(OC)c1. The molecule has 9 nitrogen and oxygen atoms in total. The van der Waals surface area contributed by atoms with Gasteiger partial charge in [-0.2, -0.15) is 0 Å². The highest BCUT2D eigenvalue weighted by Crippen LogP contribution is 2.44. The smallest absolute Gasteiger partial charge is 0.300 e. The van der Waals surface area contributed by atoms with E-state index >= 15 is 0 Å². The molecule has 1 unspecified atom stereocenters. The normalized spacial score (nSPS) is 17.0. The van der Waals surface area contributed by atoms with Gasteiger partial charge >= 0.3 is 0 Å². The van der Waals surface area contributed by atoms with Gasteiger partial charge in [-0.25, -0.2) is 0 Å². The van der Waals surface area contributed by atoms with Gasteiger partial charge in [-0.15, -0.1) is 0 Å². The molecule has 3 aromatic rings. The van der Waals surface area contributed by atoms with E-state index in [1.54, 1.807) is 48.5 Å². The topological polar surface area (TPSA) is 118 Å². The Labute approximate surface area is 195 Å². The maximum Gasteiger partial charge on any atom is 0.300 e. The van der Waals surface area contributed by atoms with Crippen molar-refractivity contribution in [1.82, 2.24) is 0 Å². The molecule has 4 rings (SSSR count). The maximum atomic E-state index is 13.2. The lowest BCUT2D eigenvalue weighted by atomic mass is 9.98. The van der Waals surface area contributed by atoms with Gasteiger partial charge < -0.3 is 24.3 Å². The third-order valence-electron chi connectivity index (χ3n) is 5.37. The number of hydrogen-bond donors (Lipinski definition) is 2. The fourth-order valence-corrected chi connectivity index (χ4v) is 3.89. The first-order valence-electron chi connectivity index (χ1n) is 10.3. The molecule has 0 aliphatic carbocycles. The first-order valence-corrected chi connectivity index (χ1v) is 10.3. The number of nitrogens with zero attached hydrogens (tertiary/aromatic N) is 1. The highest BCUT2D eigenvalue weighted by molar-refractivity contribution is 6.51. The number of furan rings is 1. The van der Waals surface area contributed by atoms with Crippen molar-refractivity contribution in [1.29, 1.82) is 0 Å². The first-order chi connectivity index (χ1) is 16.3. The van der Waals surface area contributed by atoms with Gasteiger partial charge in [0.15, 0.2) is 0 Å². The average molecular weight is 462 g/mol. The second kappa shape index (κ2) is 9.14. The lowest BCUT2D eigenvalue weighted by Crippen LogP contribution is -2.29. The predicted molar refractivity (Wildman–Crippen MR) is 124 cm³/mol. The van der Waals surface area contributed by atoms with Crippen LogP contribution in [0, 0.1) is 0 Å². The molecule has 0 spiro atoms. The van der Waals surface area contributed by atoms with Gasteiger partial charge in [0, 0.05) is 24.4 Å². The van der Waals surface area contributed by atoms with Gasteiger partial charge in [-0.3, -0.25) is 19.3 Å². The summed E-state index contributed by atoms with van der Waals surface area (Å²) in [5.74, 6) is -1.41. The Morgan fingerprint density at radius 1 is 1.06 bits per heavy atom. The van der Waals surface area contributed by atoms with Crippen molar-refractivity contribution in [3.8, 4) is 11.5 Å². The molecule has 0 bridgehead atoms. The van der Waals surface area contributed by atoms with Crippen molar-refractivity contribution in [2.75, 3.05) is 24.4 Å². The number of rotatable bonds is 6. The van der Waals surface area contributed by atoms with Crippen LogP contribution in [0.5, 0.6) is 11.5 Å². The quantitative estimate of drug-likeness (QED) is 0.324. The summed E-state index contributed by atoms with van der Waals surface area (Å²) in [7, 11) is 2.91. The highest BCUT2D eigenvalue weighted by Gasteiger charge is 2.48. The fraction of sp³-hybridized carbons (Fsp3) is 0.160. The number of aliphatic hydroxyl groups excluding tert-OH is 1. The third kappa shape index (κ3) is 3.99. The van der Waals surface area contributed by atoms with Crippen LogP contribution >= 0.6 is 0 Å². The van der Waals surface area contributed by atoms with E-state index in [9.17, 15) is 19.5 Å². The second-order valence-electron chi connectivity index (χ2n) is 7.48. The van der Waals surface area contributed by atoms with E-state index in [2.05, 4.69) is 5.32 Å². The molecule has 0 radical (unpaired) electrons. The number of aliphatic hydroxyl groups is 1. The monoisotopic (exact) mass is 462 g/mol. The predicted octanol–water partition coefficient (Wildman–Crippen LogP) is 3.88. The van der Waals surface area contributed by atoms with Crippen LogP contribution in [0.2, 0.25) is 0 Å². The van der Waals surface area contributed by atoms with Crippen LogP contribution in [-0.4, -0.2) is 36.9 Å². The molecule has 1 aromatic heterocycles. The Balaban J connectivity index is 1.90. The molecule has 2 heterocycles. The van der Waals surface area contributed by atoms with E-state index in [4.69, 9.17) is 13.9 Å². The minimum absolute atomic E-state index is 0.159. The average Bonchev–Trinajstić information content (AvgIpc) is 3.45. The zero-order valence-electron chi connectivity index (χ0n) is 18.7. The summed E-state index contributed by atoms with van der Waals surface area (Å²) >= 11 is 0. The summed E-state index contributed by atoms with van der Waals surface area (Å²) in [6.07, 6.45) is 1.41. The van der Waals surface area contributed by atoms with Crippen LogP contribution < -0.4 is 19.7 Å². The molecule has 174 valence electrons. The Hall–Kier alpha value is -4.53. The summed E-state index contributed by atoms with van der Waals surface area (Å²) in [5.41, 5.74) is 0.843. The Kier molecular flexibility index (Phi) is 6.09. The van der Waals surface area contributed by atoms with Crippen molar-refractivity contribution in [3.63, 3.8) is 0 Å². The number of methoxy groups -OCH3 is 2. The molecular weight excluding hydrogens is 440 g/mol. The lowest BCUT2D eigenvalue weighted by molar-refractivity contribution is -0.132. The summed E-state index contributed by atoms with van der Waals surface area (Å²) in [6, 6.07) is 13.4. The number of benzene rings is 2. The number of carbonyl (C=O) groups is 3. The molecule has 1 aliphatic rings. The van der Waals surface area contributed by atoms with Gasteiger partial charge in [-0.05, 0) is 42.5 Å². The zero-order chi connectivity index (χ0) is 24.4. The fourth-order valence-electron chi connectivity index (χ4n) is 3.89. The number of anilines is 2. The molecular formula is C25H22N2O7. The number of ether oxygens (including phenoxy) is 2. The lowest BCUT2D eigenvalue weighted by Gasteiger charge is -2.24. The van der Waals surface area contributed by atoms with E-state index in [0.29, 0.717) is 17.1 Å². The molecule has 1 aliphatic heterocycles. The number of carbonyl (C=O) groups excluding carboxylic acids is 3. The van der Waals surface area contributed by atoms with Crippen LogP contribution in [-0.2, 0) is 14.4 Å². The minimum Gasteiger partial charge on any atom is -0.507 e. The third-order valence-corrected chi connectivity index (χ3v) is 5.37. The number of nitrogens with one attached hydrogen (secondary N) is 1. The van der Waals surface area contributed by atoms with E-state index in [0.717, 1.165) is 0 Å². The van der Waals surface area contributed by atoms with E-state index in [1.807, 2.05) is 0 Å². The maximum absolute atomic E-state index is 13.2. The molecule has 0 saturated carbocycles. The molecule has 2 aromatic carbocycles. The summed E-state index contributed by atoms with van der Waals surface area (Å²) in [5, 5.41) is 13.9. The standard InChI is InChI=1S/C25H22N2O7/c1-14(28)26-15-6-4-7-16(12-15)27-22(19-8-5-11-34-19)21(24(30)25(27)31)23(29)18-10-9-17(32-2)13-20(18)33-3/h4-13,22,29H,1-3H3,(H,26,28)/b23-21-. The largest absolute Gasteiger partial charge is 0.507 e. The summed E-state index contributed by atoms with van der Waals surface area (Å²) < 4.78 is 16.1. The molecule has 1 atom stereocenters. The molecule has 34 heavy (non-hydrogen) atoms. The second-order valence-corrected chi connectivity index (χ2v) is 7.48. The van der Waals surface area contributed by atoms with E-state index < -0.39 is 23.5 Å². The van der Waals surface area contributed by atoms with Crippen LogP contribution in [0.15, 0.2) is 70.9 Å². The van der Waals surface area contributed by atoms with Crippen LogP contribution in [0.3, 0.4) is 0 Å². The number of ketones is 1. The van der Waals surface area contributed by atoms with Crippen molar-refractivity contribution >= 4 is 34.7 Å². The van der Waals surface area contributed by atoms with Gasteiger partial charge in [0.05, 0.1) is 31.6 Å². The highest BCUT2D eigenvalue weighted by atomic mass is 16.5. The van der Waals surface area contributed by atoms with Crippen molar-refractivity contribution < 1.29 is 33.4 Å². The molecule has 9 heteroatoms. The van der Waals surface area contributed by atoms with Gasteiger partial charge in [0.25, 0.3) is 11.7 Å². The van der Waals surface area contributed by atoms with Crippen LogP contribution in [0.4, 0.5) is 11.4 Å². The first kappa shape index (κ1) is 22.7. The summed E-state index contributed by atoms with van der Waals surface area (Å²) in [4.78, 5) is 39.1. The van der Waals surface area contributed by atoms with Crippen LogP contribution in [0.1, 0.15) is 24.3 Å². The van der Waals surface area contributed by atoms with Crippen molar-refractivity contribution in [2.24, 2.45) is 0 Å². The molecule has 1 fully saturated rings. The number of amides is 2. The Bertz CT molecular complexity index is 1290. The van der Waals surface area contributed by atoms with Gasteiger partial charge in [0.2, 0.25) is 5.91 Å². The number of hydrogen-bond acceptors (Lipinski definition) is 7. The van der Waals surface area contributed by atoms with Crippen molar-refractivity contribution in [2.45, 2.75) is 13.0 Å². The molecule has 2 N–H and O–H groups in total. The van der Waals surface area contributed by atoms with Crippen molar-refractivity contribution in [3.05, 3.63) is 77.8 Å². The van der Waals surface area contributed by atoms with Gasteiger partial charge in [0.1, 0.15) is 29.1 Å². The summed E-state index contributed by atoms with van der Waals surface area (Å²) in [6.45, 7) is 1.37. The van der Waals surface area contributed by atoms with E-state index in [-0.39, 0.29) is 28.6 Å². The molecule has 1 saturated heterocycles. The number of Topliss-reactive ketones (excluding diaryl/α,β-unsaturated/α-hetero) is 1. The Morgan fingerprint density at radius 2 is 1.85 bits per heavy atom. The van der Waals surface area contributed by atoms with Gasteiger partial charge in [-0.1, -0.05) is 6.07 Å². The minimum atomic E-state index is -1.05. The zero-order valence-corrected chi connectivity index (χ0v) is 18.7. The Morgan fingerprint density at radius 3 is 2.50 bits per heavy atom.